The molecule has 76 valence electrons. The van der Waals surface area contributed by atoms with Crippen LogP contribution >= 0.6 is 7.60 Å². The molecule has 0 aliphatic rings. The van der Waals surface area contributed by atoms with E-state index >= 15 is 0 Å². The van der Waals surface area contributed by atoms with Gasteiger partial charge in [0.05, 0.1) is 0 Å². The van der Waals surface area contributed by atoms with E-state index in [1.54, 1.807) is 0 Å². The molecular formula is C9H17O3P. The first-order chi connectivity index (χ1) is 6.06. The van der Waals surface area contributed by atoms with Gasteiger partial charge in [-0.1, -0.05) is 19.3 Å². The van der Waals surface area contributed by atoms with Gasteiger partial charge in [-0.05, 0) is 12.8 Å². The van der Waals surface area contributed by atoms with Crippen LogP contribution in [0.3, 0.4) is 0 Å². The van der Waals surface area contributed by atoms with E-state index < -0.39 is 7.60 Å². The van der Waals surface area contributed by atoms with Gasteiger partial charge in [0.2, 0.25) is 0 Å². The molecule has 2 N–H and O–H groups in total. The third kappa shape index (κ3) is 11.7. The maximum atomic E-state index is 10.4. The van der Waals surface area contributed by atoms with Gasteiger partial charge in [-0.3, -0.25) is 4.57 Å². The van der Waals surface area contributed by atoms with Gasteiger partial charge in [-0.25, -0.2) is 0 Å². The highest BCUT2D eigenvalue weighted by Gasteiger charge is 2.10. The van der Waals surface area contributed by atoms with Crippen LogP contribution in [0.15, 0.2) is 0 Å². The second-order valence-electron chi connectivity index (χ2n) is 3.11. The third-order valence-corrected chi connectivity index (χ3v) is 2.67. The summed E-state index contributed by atoms with van der Waals surface area (Å²) in [6.07, 6.45) is 10.5. The largest absolute Gasteiger partial charge is 0.325 e. The molecular weight excluding hydrogens is 187 g/mol. The predicted molar refractivity (Wildman–Crippen MR) is 53.4 cm³/mol. The van der Waals surface area contributed by atoms with Gasteiger partial charge in [-0.2, -0.15) is 0 Å². The minimum absolute atomic E-state index is 0.0160. The number of terminal acetylenes is 1. The van der Waals surface area contributed by atoms with E-state index in [9.17, 15) is 4.57 Å². The molecule has 0 unspecified atom stereocenters. The fourth-order valence-corrected chi connectivity index (χ4v) is 1.71. The van der Waals surface area contributed by atoms with E-state index in [0.29, 0.717) is 6.42 Å². The monoisotopic (exact) mass is 204 g/mol. The van der Waals surface area contributed by atoms with E-state index in [1.165, 1.54) is 0 Å². The molecule has 13 heavy (non-hydrogen) atoms. The summed E-state index contributed by atoms with van der Waals surface area (Å²) < 4.78 is 10.4. The van der Waals surface area contributed by atoms with E-state index in [-0.39, 0.29) is 6.16 Å². The minimum atomic E-state index is -3.76. The number of unbranched alkanes of at least 4 members (excludes halogenated alkanes) is 5. The predicted octanol–water partition coefficient (Wildman–Crippen LogP) is 2.14. The zero-order valence-corrected chi connectivity index (χ0v) is 8.67. The minimum Gasteiger partial charge on any atom is -0.324 e. The first-order valence-corrected chi connectivity index (χ1v) is 6.34. The van der Waals surface area contributed by atoms with Crippen LogP contribution in [0.5, 0.6) is 0 Å². The Morgan fingerprint density at radius 3 is 2.15 bits per heavy atom. The Morgan fingerprint density at radius 1 is 1.08 bits per heavy atom. The van der Waals surface area contributed by atoms with Crippen LogP contribution in [0.4, 0.5) is 0 Å². The van der Waals surface area contributed by atoms with E-state index in [0.717, 1.165) is 32.1 Å². The lowest BCUT2D eigenvalue weighted by atomic mass is 10.1. The highest BCUT2D eigenvalue weighted by Crippen LogP contribution is 2.35. The topological polar surface area (TPSA) is 57.5 Å². The fraction of sp³-hybridized carbons (Fsp3) is 0.778. The average molecular weight is 204 g/mol. The summed E-state index contributed by atoms with van der Waals surface area (Å²) in [6.45, 7) is 0. The molecule has 0 fully saturated rings. The molecule has 0 saturated heterocycles. The summed E-state index contributed by atoms with van der Waals surface area (Å²) in [5.74, 6) is 2.56. The fourth-order valence-electron chi connectivity index (χ4n) is 1.08. The molecule has 0 bridgehead atoms. The summed E-state index contributed by atoms with van der Waals surface area (Å²) in [4.78, 5) is 17.1. The van der Waals surface area contributed by atoms with Crippen LogP contribution in [-0.4, -0.2) is 15.9 Å². The summed E-state index contributed by atoms with van der Waals surface area (Å²) in [5.41, 5.74) is 0. The van der Waals surface area contributed by atoms with Gasteiger partial charge in [-0.15, -0.1) is 12.3 Å². The molecule has 0 amide bonds. The lowest BCUT2D eigenvalue weighted by Crippen LogP contribution is -1.88. The summed E-state index contributed by atoms with van der Waals surface area (Å²) in [7, 11) is -3.76. The molecule has 0 heterocycles. The summed E-state index contributed by atoms with van der Waals surface area (Å²) in [5, 5.41) is 0. The van der Waals surface area contributed by atoms with Crippen molar-refractivity contribution in [2.24, 2.45) is 0 Å². The smallest absolute Gasteiger partial charge is 0.324 e. The van der Waals surface area contributed by atoms with Crippen molar-refractivity contribution in [3.05, 3.63) is 0 Å². The Kier molecular flexibility index (Phi) is 6.99. The second-order valence-corrected chi connectivity index (χ2v) is 4.89. The first kappa shape index (κ1) is 12.7. The lowest BCUT2D eigenvalue weighted by Gasteiger charge is -2.02. The Labute approximate surface area is 79.7 Å². The van der Waals surface area contributed by atoms with Crippen molar-refractivity contribution in [2.75, 3.05) is 6.16 Å². The quantitative estimate of drug-likeness (QED) is 0.379. The van der Waals surface area contributed by atoms with Crippen molar-refractivity contribution in [3.63, 3.8) is 0 Å². The molecule has 0 atom stereocenters. The molecule has 0 aliphatic carbocycles. The maximum absolute atomic E-state index is 10.4. The standard InChI is InChI=1S/C9H17O3P/c1-2-3-4-5-6-7-8-9-13(10,11)12/h1H,3-9H2,(H2,10,11,12). The van der Waals surface area contributed by atoms with Gasteiger partial charge in [0, 0.05) is 12.6 Å². The van der Waals surface area contributed by atoms with Crippen molar-refractivity contribution < 1.29 is 14.4 Å². The van der Waals surface area contributed by atoms with Crippen LogP contribution in [0.25, 0.3) is 0 Å². The van der Waals surface area contributed by atoms with Crippen LogP contribution < -0.4 is 0 Å². The zero-order chi connectivity index (χ0) is 10.2. The van der Waals surface area contributed by atoms with E-state index in [4.69, 9.17) is 16.2 Å². The number of hydrogen-bond donors (Lipinski definition) is 2. The summed E-state index contributed by atoms with van der Waals surface area (Å²) in [6, 6.07) is 0. The zero-order valence-electron chi connectivity index (χ0n) is 7.78. The van der Waals surface area contributed by atoms with Gasteiger partial charge < -0.3 is 9.79 Å². The molecule has 0 aromatic carbocycles. The summed E-state index contributed by atoms with van der Waals surface area (Å²) >= 11 is 0. The SMILES string of the molecule is C#CCCCCCCCP(=O)(O)O. The molecule has 0 aromatic rings. The maximum Gasteiger partial charge on any atom is 0.325 e. The Hall–Kier alpha value is -0.290. The highest BCUT2D eigenvalue weighted by molar-refractivity contribution is 7.51. The van der Waals surface area contributed by atoms with Crippen LogP contribution in [0.1, 0.15) is 38.5 Å². The average Bonchev–Trinajstić information content (AvgIpc) is 2.01. The van der Waals surface area contributed by atoms with Crippen LogP contribution in [0.2, 0.25) is 0 Å². The van der Waals surface area contributed by atoms with E-state index in [1.807, 2.05) is 0 Å². The molecule has 0 radical (unpaired) electrons. The number of hydrogen-bond acceptors (Lipinski definition) is 1. The number of rotatable bonds is 7. The molecule has 0 saturated carbocycles. The molecule has 0 aliphatic heterocycles. The molecule has 4 heteroatoms. The lowest BCUT2D eigenvalue weighted by molar-refractivity contribution is 0.370. The third-order valence-electron chi connectivity index (χ3n) is 1.77. The molecule has 0 aromatic heterocycles. The van der Waals surface area contributed by atoms with Crippen molar-refractivity contribution >= 4 is 7.60 Å². The van der Waals surface area contributed by atoms with Crippen LogP contribution in [0, 0.1) is 12.3 Å². The normalized spacial score (nSPS) is 11.2. The van der Waals surface area contributed by atoms with Gasteiger partial charge in [0.15, 0.2) is 0 Å². The first-order valence-electron chi connectivity index (χ1n) is 4.54. The second kappa shape index (κ2) is 7.15. The molecule has 0 rings (SSSR count). The van der Waals surface area contributed by atoms with Crippen LogP contribution in [-0.2, 0) is 4.57 Å². The van der Waals surface area contributed by atoms with Crippen molar-refractivity contribution in [3.8, 4) is 12.3 Å². The highest BCUT2D eigenvalue weighted by atomic mass is 31.2. The molecule has 0 spiro atoms. The Morgan fingerprint density at radius 2 is 1.62 bits per heavy atom. The molecule has 3 nitrogen and oxygen atoms in total. The van der Waals surface area contributed by atoms with Gasteiger partial charge in [0.25, 0.3) is 0 Å². The van der Waals surface area contributed by atoms with Gasteiger partial charge in [0.1, 0.15) is 0 Å². The Balaban J connectivity index is 3.10. The van der Waals surface area contributed by atoms with Crippen molar-refractivity contribution in [1.82, 2.24) is 0 Å². The van der Waals surface area contributed by atoms with Gasteiger partial charge >= 0.3 is 7.60 Å². The van der Waals surface area contributed by atoms with Crippen molar-refractivity contribution in [1.29, 1.82) is 0 Å². The van der Waals surface area contributed by atoms with Crippen molar-refractivity contribution in [2.45, 2.75) is 38.5 Å². The Bertz CT molecular complexity index is 201. The van der Waals surface area contributed by atoms with E-state index in [2.05, 4.69) is 5.92 Å².